The molecule has 9 heteroatoms. The molecule has 142 valence electrons. The molecule has 0 bridgehead atoms. The number of ether oxygens (including phenoxy) is 1. The Balaban J connectivity index is 1.69. The number of hydrogen-bond acceptors (Lipinski definition) is 7. The van der Waals surface area contributed by atoms with Crippen molar-refractivity contribution in [1.82, 2.24) is 14.9 Å². The van der Waals surface area contributed by atoms with Crippen LogP contribution in [0.5, 0.6) is 5.88 Å². The molecule has 27 heavy (non-hydrogen) atoms. The Morgan fingerprint density at radius 1 is 1.37 bits per heavy atom. The van der Waals surface area contributed by atoms with Crippen molar-refractivity contribution in [2.24, 2.45) is 0 Å². The van der Waals surface area contributed by atoms with E-state index in [4.69, 9.17) is 4.74 Å². The van der Waals surface area contributed by atoms with Crippen molar-refractivity contribution in [2.45, 2.75) is 19.4 Å². The Labute approximate surface area is 156 Å². The van der Waals surface area contributed by atoms with Gasteiger partial charge in [0.25, 0.3) is 11.6 Å². The van der Waals surface area contributed by atoms with Crippen LogP contribution in [0.25, 0.3) is 0 Å². The van der Waals surface area contributed by atoms with Crippen LogP contribution in [-0.4, -0.2) is 59.0 Å². The molecule has 1 aliphatic rings. The van der Waals surface area contributed by atoms with E-state index in [-0.39, 0.29) is 17.7 Å². The number of anilines is 1. The van der Waals surface area contributed by atoms with E-state index in [2.05, 4.69) is 9.97 Å². The Morgan fingerprint density at radius 3 is 2.85 bits per heavy atom. The molecule has 2 heterocycles. The van der Waals surface area contributed by atoms with Crippen LogP contribution in [0, 0.1) is 17.0 Å². The number of aromatic nitrogens is 2. The van der Waals surface area contributed by atoms with Crippen molar-refractivity contribution in [1.29, 1.82) is 0 Å². The minimum Gasteiger partial charge on any atom is -0.471 e. The van der Waals surface area contributed by atoms with E-state index in [1.54, 1.807) is 30.3 Å². The number of nitro benzene ring substituents is 1. The van der Waals surface area contributed by atoms with Crippen molar-refractivity contribution in [2.75, 3.05) is 32.1 Å². The first kappa shape index (κ1) is 18.6. The number of benzene rings is 1. The lowest BCUT2D eigenvalue weighted by Crippen LogP contribution is -2.31. The maximum atomic E-state index is 12.8. The van der Waals surface area contributed by atoms with Gasteiger partial charge in [0.1, 0.15) is 6.10 Å². The first-order chi connectivity index (χ1) is 12.9. The van der Waals surface area contributed by atoms with Crippen molar-refractivity contribution in [3.63, 3.8) is 0 Å². The average molecular weight is 371 g/mol. The summed E-state index contributed by atoms with van der Waals surface area (Å²) in [6.07, 6.45) is 3.65. The average Bonchev–Trinajstić information content (AvgIpc) is 3.09. The Hall–Kier alpha value is -3.23. The van der Waals surface area contributed by atoms with Crippen molar-refractivity contribution in [3.8, 4) is 5.88 Å². The monoisotopic (exact) mass is 371 g/mol. The van der Waals surface area contributed by atoms with Gasteiger partial charge in [0.05, 0.1) is 23.9 Å². The van der Waals surface area contributed by atoms with Gasteiger partial charge in [-0.25, -0.2) is 0 Å². The smallest absolute Gasteiger partial charge is 0.273 e. The summed E-state index contributed by atoms with van der Waals surface area (Å²) in [5, 5.41) is 11.1. The summed E-state index contributed by atoms with van der Waals surface area (Å²) in [5.41, 5.74) is 0.671. The number of nitrogens with zero attached hydrogens (tertiary/aromatic N) is 5. The van der Waals surface area contributed by atoms with Gasteiger partial charge in [-0.1, -0.05) is 6.07 Å². The maximum Gasteiger partial charge on any atom is 0.273 e. The Bertz CT molecular complexity index is 871. The molecule has 1 amide bonds. The third-order valence-corrected chi connectivity index (χ3v) is 4.51. The van der Waals surface area contributed by atoms with Crippen molar-refractivity contribution in [3.05, 3.63) is 51.8 Å². The van der Waals surface area contributed by atoms with Crippen LogP contribution in [0.2, 0.25) is 0 Å². The van der Waals surface area contributed by atoms with E-state index in [0.29, 0.717) is 42.3 Å². The number of likely N-dealkylation sites (tertiary alicyclic amines) is 1. The SMILES string of the molecule is Cc1c(C(=O)N2CCC(Oc3cncc(N(C)C)n3)C2)cccc1[N+](=O)[O-]. The fraction of sp³-hybridized carbons (Fsp3) is 0.389. The third-order valence-electron chi connectivity index (χ3n) is 4.51. The van der Waals surface area contributed by atoms with Gasteiger partial charge in [-0.2, -0.15) is 4.98 Å². The van der Waals surface area contributed by atoms with E-state index >= 15 is 0 Å². The van der Waals surface area contributed by atoms with Crippen LogP contribution >= 0.6 is 0 Å². The van der Waals surface area contributed by atoms with Gasteiger partial charge in [-0.05, 0) is 13.0 Å². The molecule has 0 saturated carbocycles. The van der Waals surface area contributed by atoms with E-state index < -0.39 is 4.92 Å². The molecule has 3 rings (SSSR count). The molecule has 2 aromatic rings. The standard InChI is InChI=1S/C18H21N5O4/c1-12-14(5-4-6-15(12)23(25)26)18(24)22-8-7-13(11-22)27-17-10-19-9-16(20-17)21(2)3/h4-6,9-10,13H,7-8,11H2,1-3H3. The summed E-state index contributed by atoms with van der Waals surface area (Å²) < 4.78 is 5.87. The largest absolute Gasteiger partial charge is 0.471 e. The van der Waals surface area contributed by atoms with Crippen LogP contribution in [-0.2, 0) is 0 Å². The fourth-order valence-corrected chi connectivity index (χ4v) is 3.01. The second-order valence-corrected chi connectivity index (χ2v) is 6.60. The summed E-state index contributed by atoms with van der Waals surface area (Å²) in [6.45, 7) is 2.51. The molecular formula is C18H21N5O4. The number of carbonyl (C=O) groups excluding carboxylic acids is 1. The lowest BCUT2D eigenvalue weighted by molar-refractivity contribution is -0.385. The molecule has 0 aliphatic carbocycles. The van der Waals surface area contributed by atoms with Gasteiger partial charge in [0.2, 0.25) is 5.88 Å². The fourth-order valence-electron chi connectivity index (χ4n) is 3.01. The topological polar surface area (TPSA) is 102 Å². The van der Waals surface area contributed by atoms with Gasteiger partial charge in [-0.15, -0.1) is 0 Å². The first-order valence-electron chi connectivity index (χ1n) is 8.56. The molecule has 1 fully saturated rings. The number of carbonyl (C=O) groups is 1. The predicted octanol–water partition coefficient (Wildman–Crippen LogP) is 2.05. The number of rotatable bonds is 5. The van der Waals surface area contributed by atoms with Gasteiger partial charge in [0.15, 0.2) is 5.82 Å². The first-order valence-corrected chi connectivity index (χ1v) is 8.56. The summed E-state index contributed by atoms with van der Waals surface area (Å²) >= 11 is 0. The molecule has 0 N–H and O–H groups in total. The second kappa shape index (κ2) is 7.56. The molecular weight excluding hydrogens is 350 g/mol. The van der Waals surface area contributed by atoms with E-state index in [0.717, 1.165) is 0 Å². The van der Waals surface area contributed by atoms with Crippen molar-refractivity contribution >= 4 is 17.4 Å². The second-order valence-electron chi connectivity index (χ2n) is 6.60. The van der Waals surface area contributed by atoms with Crippen LogP contribution in [0.15, 0.2) is 30.6 Å². The van der Waals surface area contributed by atoms with Crippen LogP contribution in [0.1, 0.15) is 22.3 Å². The minimum atomic E-state index is -0.474. The number of amides is 1. The highest BCUT2D eigenvalue weighted by Crippen LogP contribution is 2.25. The molecule has 1 aliphatic heterocycles. The Kier molecular flexibility index (Phi) is 5.20. The van der Waals surface area contributed by atoms with Crippen LogP contribution < -0.4 is 9.64 Å². The van der Waals surface area contributed by atoms with Crippen LogP contribution in [0.4, 0.5) is 11.5 Å². The third kappa shape index (κ3) is 3.97. The molecule has 0 spiro atoms. The zero-order chi connectivity index (χ0) is 19.6. The van der Waals surface area contributed by atoms with E-state index in [1.807, 2.05) is 19.0 Å². The van der Waals surface area contributed by atoms with E-state index in [1.165, 1.54) is 12.1 Å². The normalized spacial score (nSPS) is 16.3. The summed E-state index contributed by atoms with van der Waals surface area (Å²) in [4.78, 5) is 35.4. The van der Waals surface area contributed by atoms with Gasteiger partial charge in [0, 0.05) is 44.3 Å². The summed E-state index contributed by atoms with van der Waals surface area (Å²) in [6, 6.07) is 4.55. The molecule has 0 radical (unpaired) electrons. The van der Waals surface area contributed by atoms with Gasteiger partial charge >= 0.3 is 0 Å². The lowest BCUT2D eigenvalue weighted by atomic mass is 10.1. The van der Waals surface area contributed by atoms with Crippen molar-refractivity contribution < 1.29 is 14.5 Å². The van der Waals surface area contributed by atoms with E-state index in [9.17, 15) is 14.9 Å². The zero-order valence-electron chi connectivity index (χ0n) is 15.5. The number of hydrogen-bond donors (Lipinski definition) is 0. The van der Waals surface area contributed by atoms with Gasteiger partial charge < -0.3 is 14.5 Å². The molecule has 1 atom stereocenters. The Morgan fingerprint density at radius 2 is 2.15 bits per heavy atom. The summed E-state index contributed by atoms with van der Waals surface area (Å²) in [7, 11) is 3.73. The maximum absolute atomic E-state index is 12.8. The molecule has 1 aromatic carbocycles. The minimum absolute atomic E-state index is 0.0522. The molecule has 1 saturated heterocycles. The zero-order valence-corrected chi connectivity index (χ0v) is 15.5. The van der Waals surface area contributed by atoms with Crippen LogP contribution in [0.3, 0.4) is 0 Å². The highest BCUT2D eigenvalue weighted by atomic mass is 16.6. The predicted molar refractivity (Wildman–Crippen MR) is 99.1 cm³/mol. The lowest BCUT2D eigenvalue weighted by Gasteiger charge is -2.18. The van der Waals surface area contributed by atoms with Gasteiger partial charge in [-0.3, -0.25) is 19.9 Å². The highest BCUT2D eigenvalue weighted by molar-refractivity contribution is 5.96. The molecule has 1 aromatic heterocycles. The highest BCUT2D eigenvalue weighted by Gasteiger charge is 2.30. The number of nitro groups is 1. The molecule has 9 nitrogen and oxygen atoms in total. The summed E-state index contributed by atoms with van der Waals surface area (Å²) in [5.74, 6) is 0.869. The molecule has 1 unspecified atom stereocenters. The quantitative estimate of drug-likeness (QED) is 0.585.